The largest absolute Gasteiger partial charge is 0.406 e. The molecule has 1 aromatic carbocycles. The summed E-state index contributed by atoms with van der Waals surface area (Å²) in [6, 6.07) is 7.47. The van der Waals surface area contributed by atoms with Gasteiger partial charge >= 0.3 is 6.18 Å². The second kappa shape index (κ2) is 7.77. The molecule has 0 radical (unpaired) electrons. The molecule has 0 fully saturated rings. The number of aromatic nitrogens is 3. The lowest BCUT2D eigenvalue weighted by Crippen LogP contribution is -2.24. The van der Waals surface area contributed by atoms with Crippen molar-refractivity contribution in [1.29, 1.82) is 0 Å². The zero-order valence-electron chi connectivity index (χ0n) is 13.9. The number of thiazole rings is 1. The first-order valence-corrected chi connectivity index (χ1v) is 9.02. The third-order valence-electron chi connectivity index (χ3n) is 3.65. The first kappa shape index (κ1) is 18.9. The lowest BCUT2D eigenvalue weighted by molar-refractivity contribution is -0.141. The van der Waals surface area contributed by atoms with Crippen molar-refractivity contribution in [3.8, 4) is 10.6 Å². The standard InChI is InChI=1S/C17H16ClF3N4S/c1-24(9-15-22-6-7-25(15)11-17(19,20)21)8-12-10-26-16(23-12)13-4-2-3-5-14(13)18/h2-7,10H,8-9,11H2,1H3. The molecule has 3 aromatic rings. The van der Waals surface area contributed by atoms with Gasteiger partial charge in [0, 0.05) is 29.9 Å². The molecule has 0 aliphatic heterocycles. The van der Waals surface area contributed by atoms with Crippen molar-refractivity contribution in [2.75, 3.05) is 7.05 Å². The van der Waals surface area contributed by atoms with Gasteiger partial charge in [-0.2, -0.15) is 13.2 Å². The second-order valence-electron chi connectivity index (χ2n) is 5.88. The zero-order valence-corrected chi connectivity index (χ0v) is 15.4. The minimum Gasteiger partial charge on any atom is -0.325 e. The molecule has 0 spiro atoms. The summed E-state index contributed by atoms with van der Waals surface area (Å²) >= 11 is 7.68. The van der Waals surface area contributed by atoms with Gasteiger partial charge in [0.05, 0.1) is 17.3 Å². The first-order chi connectivity index (χ1) is 12.3. The fraction of sp³-hybridized carbons (Fsp3) is 0.294. The summed E-state index contributed by atoms with van der Waals surface area (Å²) in [6.07, 6.45) is -1.55. The van der Waals surface area contributed by atoms with Crippen LogP contribution >= 0.6 is 22.9 Å². The van der Waals surface area contributed by atoms with Crippen molar-refractivity contribution in [3.05, 3.63) is 58.6 Å². The van der Waals surface area contributed by atoms with E-state index >= 15 is 0 Å². The van der Waals surface area contributed by atoms with Crippen LogP contribution in [0.4, 0.5) is 13.2 Å². The van der Waals surface area contributed by atoms with Gasteiger partial charge < -0.3 is 4.57 Å². The maximum atomic E-state index is 12.6. The summed E-state index contributed by atoms with van der Waals surface area (Å²) < 4.78 is 38.9. The average Bonchev–Trinajstić information content (AvgIpc) is 3.16. The van der Waals surface area contributed by atoms with Gasteiger partial charge in [0.15, 0.2) is 0 Å². The Morgan fingerprint density at radius 2 is 2.00 bits per heavy atom. The monoisotopic (exact) mass is 400 g/mol. The van der Waals surface area contributed by atoms with E-state index in [1.807, 2.05) is 41.6 Å². The van der Waals surface area contributed by atoms with E-state index in [1.165, 1.54) is 23.7 Å². The third kappa shape index (κ3) is 4.84. The zero-order chi connectivity index (χ0) is 18.7. The molecule has 0 amide bonds. The number of rotatable bonds is 6. The van der Waals surface area contributed by atoms with Crippen LogP contribution in [0.2, 0.25) is 5.02 Å². The molecule has 9 heteroatoms. The van der Waals surface area contributed by atoms with Crippen LogP contribution in [0.25, 0.3) is 10.6 Å². The van der Waals surface area contributed by atoms with Crippen molar-refractivity contribution >= 4 is 22.9 Å². The highest BCUT2D eigenvalue weighted by atomic mass is 35.5. The van der Waals surface area contributed by atoms with Crippen LogP contribution in [-0.2, 0) is 19.6 Å². The van der Waals surface area contributed by atoms with Gasteiger partial charge in [0.25, 0.3) is 0 Å². The van der Waals surface area contributed by atoms with E-state index in [4.69, 9.17) is 11.6 Å². The summed E-state index contributed by atoms with van der Waals surface area (Å²) in [5.74, 6) is 0.367. The molecule has 3 rings (SSSR count). The Labute approximate surface area is 157 Å². The van der Waals surface area contributed by atoms with Crippen LogP contribution in [0.5, 0.6) is 0 Å². The molecule has 0 saturated carbocycles. The van der Waals surface area contributed by atoms with Crippen molar-refractivity contribution in [1.82, 2.24) is 19.4 Å². The normalized spacial score (nSPS) is 12.1. The van der Waals surface area contributed by atoms with E-state index in [0.29, 0.717) is 23.9 Å². The lowest BCUT2D eigenvalue weighted by atomic mass is 10.2. The Balaban J connectivity index is 1.66. The molecule has 0 unspecified atom stereocenters. The lowest BCUT2D eigenvalue weighted by Gasteiger charge is -2.17. The predicted octanol–water partition coefficient (Wildman–Crippen LogP) is 4.85. The number of hydrogen-bond donors (Lipinski definition) is 0. The quantitative estimate of drug-likeness (QED) is 0.593. The number of nitrogens with zero attached hydrogens (tertiary/aromatic N) is 4. The molecule has 0 atom stereocenters. The van der Waals surface area contributed by atoms with Gasteiger partial charge in [-0.25, -0.2) is 9.97 Å². The molecule has 2 heterocycles. The minimum absolute atomic E-state index is 0.294. The van der Waals surface area contributed by atoms with Gasteiger partial charge in [-0.3, -0.25) is 4.90 Å². The summed E-state index contributed by atoms with van der Waals surface area (Å²) in [5, 5.41) is 3.38. The summed E-state index contributed by atoms with van der Waals surface area (Å²) in [7, 11) is 1.82. The number of halogens is 4. The highest BCUT2D eigenvalue weighted by Crippen LogP contribution is 2.30. The molecule has 2 aromatic heterocycles. The smallest absolute Gasteiger partial charge is 0.325 e. The summed E-state index contributed by atoms with van der Waals surface area (Å²) in [5.41, 5.74) is 1.70. The van der Waals surface area contributed by atoms with Crippen LogP contribution < -0.4 is 0 Å². The van der Waals surface area contributed by atoms with E-state index in [0.717, 1.165) is 20.8 Å². The molecular weight excluding hydrogens is 385 g/mol. The molecule has 0 aliphatic rings. The van der Waals surface area contributed by atoms with Gasteiger partial charge in [-0.05, 0) is 13.1 Å². The number of hydrogen-bond acceptors (Lipinski definition) is 4. The van der Waals surface area contributed by atoms with Gasteiger partial charge in [-0.1, -0.05) is 29.8 Å². The minimum atomic E-state index is -4.27. The van der Waals surface area contributed by atoms with Crippen LogP contribution in [-0.4, -0.2) is 32.7 Å². The van der Waals surface area contributed by atoms with E-state index in [2.05, 4.69) is 9.97 Å². The van der Waals surface area contributed by atoms with Gasteiger partial charge in [-0.15, -0.1) is 11.3 Å². The van der Waals surface area contributed by atoms with Crippen molar-refractivity contribution in [2.45, 2.75) is 25.8 Å². The van der Waals surface area contributed by atoms with Gasteiger partial charge in [0.1, 0.15) is 17.4 Å². The van der Waals surface area contributed by atoms with E-state index in [9.17, 15) is 13.2 Å². The fourth-order valence-corrected chi connectivity index (χ4v) is 3.67. The van der Waals surface area contributed by atoms with Crippen molar-refractivity contribution < 1.29 is 13.2 Å². The highest BCUT2D eigenvalue weighted by Gasteiger charge is 2.28. The van der Waals surface area contributed by atoms with Crippen LogP contribution in [0.15, 0.2) is 42.0 Å². The highest BCUT2D eigenvalue weighted by molar-refractivity contribution is 7.13. The topological polar surface area (TPSA) is 34.0 Å². The Hall–Kier alpha value is -1.90. The van der Waals surface area contributed by atoms with E-state index < -0.39 is 12.7 Å². The Kier molecular flexibility index (Phi) is 5.64. The molecule has 0 bridgehead atoms. The third-order valence-corrected chi connectivity index (χ3v) is 4.90. The molecule has 0 N–H and O–H groups in total. The molecule has 0 saturated heterocycles. The average molecular weight is 401 g/mol. The maximum Gasteiger partial charge on any atom is 0.406 e. The number of alkyl halides is 3. The Morgan fingerprint density at radius 3 is 2.73 bits per heavy atom. The SMILES string of the molecule is CN(Cc1csc(-c2ccccc2Cl)n1)Cc1nccn1CC(F)(F)F. The molecule has 138 valence electrons. The molecular formula is C17H16ClF3N4S. The maximum absolute atomic E-state index is 12.6. The fourth-order valence-electron chi connectivity index (χ4n) is 2.54. The number of benzene rings is 1. The number of imidazole rings is 1. The Morgan fingerprint density at radius 1 is 1.23 bits per heavy atom. The van der Waals surface area contributed by atoms with Gasteiger partial charge in [0.2, 0.25) is 0 Å². The summed E-state index contributed by atoms with van der Waals surface area (Å²) in [4.78, 5) is 10.5. The Bertz CT molecular complexity index is 875. The van der Waals surface area contributed by atoms with Crippen molar-refractivity contribution in [2.24, 2.45) is 0 Å². The van der Waals surface area contributed by atoms with Crippen LogP contribution in [0.3, 0.4) is 0 Å². The van der Waals surface area contributed by atoms with Crippen LogP contribution in [0, 0.1) is 0 Å². The van der Waals surface area contributed by atoms with Crippen molar-refractivity contribution in [3.63, 3.8) is 0 Å². The van der Waals surface area contributed by atoms with Crippen LogP contribution in [0.1, 0.15) is 11.5 Å². The molecule has 26 heavy (non-hydrogen) atoms. The van der Waals surface area contributed by atoms with E-state index in [1.54, 1.807) is 0 Å². The van der Waals surface area contributed by atoms with E-state index in [-0.39, 0.29) is 0 Å². The summed E-state index contributed by atoms with van der Waals surface area (Å²) in [6.45, 7) is -0.245. The molecule has 4 nitrogen and oxygen atoms in total. The second-order valence-corrected chi connectivity index (χ2v) is 7.15. The predicted molar refractivity (Wildman–Crippen MR) is 96.0 cm³/mol. The first-order valence-electron chi connectivity index (χ1n) is 7.76. The molecule has 0 aliphatic carbocycles.